The standard InChI is InChI=1S/C16H15N3O7/c1-10(26-13-6-3-11(4-7-13)18(21)22)16(20)17-14-9-12(19(23)24)5-8-15(14)25-2/h3-10H,1-2H3,(H,17,20). The van der Waals surface area contributed by atoms with Gasteiger partial charge in [-0.3, -0.25) is 25.0 Å². The summed E-state index contributed by atoms with van der Waals surface area (Å²) in [7, 11) is 1.37. The van der Waals surface area contributed by atoms with Crippen molar-refractivity contribution in [3.63, 3.8) is 0 Å². The van der Waals surface area contributed by atoms with Crippen molar-refractivity contribution in [2.24, 2.45) is 0 Å². The van der Waals surface area contributed by atoms with E-state index in [4.69, 9.17) is 9.47 Å². The number of rotatable bonds is 7. The van der Waals surface area contributed by atoms with Gasteiger partial charge in [-0.1, -0.05) is 0 Å². The smallest absolute Gasteiger partial charge is 0.271 e. The van der Waals surface area contributed by atoms with Crippen LogP contribution in [0.1, 0.15) is 6.92 Å². The number of non-ortho nitro benzene ring substituents is 2. The molecule has 10 heteroatoms. The molecule has 0 aliphatic rings. The molecule has 0 spiro atoms. The first-order valence-corrected chi connectivity index (χ1v) is 7.36. The lowest BCUT2D eigenvalue weighted by Gasteiger charge is -2.16. The third kappa shape index (κ3) is 4.44. The van der Waals surface area contributed by atoms with E-state index in [0.717, 1.165) is 0 Å². The number of methoxy groups -OCH3 is 1. The summed E-state index contributed by atoms with van der Waals surface area (Å²) in [5, 5.41) is 24.0. The summed E-state index contributed by atoms with van der Waals surface area (Å²) in [6.07, 6.45) is -0.958. The highest BCUT2D eigenvalue weighted by atomic mass is 16.6. The molecule has 136 valence electrons. The fourth-order valence-electron chi connectivity index (χ4n) is 2.05. The molecule has 2 rings (SSSR count). The van der Waals surface area contributed by atoms with Crippen LogP contribution in [0.15, 0.2) is 42.5 Å². The number of nitrogens with zero attached hydrogens (tertiary/aromatic N) is 2. The number of hydrogen-bond donors (Lipinski definition) is 1. The highest BCUT2D eigenvalue weighted by Gasteiger charge is 2.19. The Morgan fingerprint density at radius 2 is 1.62 bits per heavy atom. The summed E-state index contributed by atoms with van der Waals surface area (Å²) < 4.78 is 10.5. The average molecular weight is 361 g/mol. The molecule has 2 aromatic rings. The number of nitro benzene ring substituents is 2. The molecule has 10 nitrogen and oxygen atoms in total. The molecular weight excluding hydrogens is 346 g/mol. The molecule has 1 unspecified atom stereocenters. The zero-order valence-electron chi connectivity index (χ0n) is 13.9. The Morgan fingerprint density at radius 3 is 2.15 bits per heavy atom. The van der Waals surface area contributed by atoms with Gasteiger partial charge >= 0.3 is 0 Å². The quantitative estimate of drug-likeness (QED) is 0.592. The van der Waals surface area contributed by atoms with Crippen LogP contribution in [-0.2, 0) is 4.79 Å². The molecule has 1 atom stereocenters. The maximum Gasteiger partial charge on any atom is 0.271 e. The third-order valence-electron chi connectivity index (χ3n) is 3.38. The van der Waals surface area contributed by atoms with Gasteiger partial charge in [0.15, 0.2) is 6.10 Å². The second-order valence-electron chi connectivity index (χ2n) is 5.14. The van der Waals surface area contributed by atoms with E-state index in [1.165, 1.54) is 56.5 Å². The minimum absolute atomic E-state index is 0.101. The van der Waals surface area contributed by atoms with E-state index in [1.54, 1.807) is 0 Å². The molecule has 0 bridgehead atoms. The molecule has 0 saturated carbocycles. The summed E-state index contributed by atoms with van der Waals surface area (Å²) in [6.45, 7) is 1.47. The van der Waals surface area contributed by atoms with Crippen LogP contribution < -0.4 is 14.8 Å². The van der Waals surface area contributed by atoms with Gasteiger partial charge < -0.3 is 14.8 Å². The number of hydrogen-bond acceptors (Lipinski definition) is 7. The first-order valence-electron chi connectivity index (χ1n) is 7.36. The largest absolute Gasteiger partial charge is 0.495 e. The van der Waals surface area contributed by atoms with Gasteiger partial charge in [0, 0.05) is 24.3 Å². The van der Waals surface area contributed by atoms with E-state index in [1.807, 2.05) is 0 Å². The lowest BCUT2D eigenvalue weighted by molar-refractivity contribution is -0.385. The van der Waals surface area contributed by atoms with Gasteiger partial charge in [-0.25, -0.2) is 0 Å². The molecule has 2 aromatic carbocycles. The molecule has 26 heavy (non-hydrogen) atoms. The number of benzene rings is 2. The van der Waals surface area contributed by atoms with Crippen molar-refractivity contribution in [1.29, 1.82) is 0 Å². The van der Waals surface area contributed by atoms with Crippen LogP contribution in [0, 0.1) is 20.2 Å². The maximum absolute atomic E-state index is 12.3. The molecule has 0 aliphatic heterocycles. The number of anilines is 1. The summed E-state index contributed by atoms with van der Waals surface area (Å²) in [5.41, 5.74) is -0.174. The van der Waals surface area contributed by atoms with E-state index in [-0.39, 0.29) is 28.6 Å². The zero-order chi connectivity index (χ0) is 19.3. The van der Waals surface area contributed by atoms with Gasteiger partial charge in [0.25, 0.3) is 17.3 Å². The summed E-state index contributed by atoms with van der Waals surface area (Å²) in [6, 6.07) is 9.05. The molecule has 1 amide bonds. The summed E-state index contributed by atoms with van der Waals surface area (Å²) in [4.78, 5) is 32.6. The van der Waals surface area contributed by atoms with E-state index in [9.17, 15) is 25.0 Å². The number of carbonyl (C=O) groups is 1. The molecule has 0 fully saturated rings. The number of ether oxygens (including phenoxy) is 2. The van der Waals surface area contributed by atoms with Crippen LogP contribution in [-0.4, -0.2) is 29.0 Å². The first-order chi connectivity index (χ1) is 12.3. The second kappa shape index (κ2) is 7.92. The summed E-state index contributed by atoms with van der Waals surface area (Å²) in [5.74, 6) is -0.0436. The van der Waals surface area contributed by atoms with Gasteiger partial charge in [0.2, 0.25) is 0 Å². The van der Waals surface area contributed by atoms with Crippen molar-refractivity contribution in [2.75, 3.05) is 12.4 Å². The Kier molecular flexibility index (Phi) is 5.68. The van der Waals surface area contributed by atoms with E-state index < -0.39 is 21.9 Å². The van der Waals surface area contributed by atoms with E-state index in [2.05, 4.69) is 5.32 Å². The predicted octanol–water partition coefficient (Wildman–Crippen LogP) is 2.92. The van der Waals surface area contributed by atoms with Crippen molar-refractivity contribution >= 4 is 23.0 Å². The Hall–Kier alpha value is -3.69. The monoisotopic (exact) mass is 361 g/mol. The molecular formula is C16H15N3O7. The molecule has 0 radical (unpaired) electrons. The second-order valence-corrected chi connectivity index (χ2v) is 5.14. The van der Waals surface area contributed by atoms with Crippen LogP contribution in [0.25, 0.3) is 0 Å². The van der Waals surface area contributed by atoms with Crippen LogP contribution in [0.2, 0.25) is 0 Å². The number of amides is 1. The number of carbonyl (C=O) groups excluding carboxylic acids is 1. The van der Waals surface area contributed by atoms with Crippen molar-refractivity contribution in [3.05, 3.63) is 62.7 Å². The Bertz CT molecular complexity index is 836. The maximum atomic E-state index is 12.3. The first kappa shape index (κ1) is 18.6. The van der Waals surface area contributed by atoms with Crippen LogP contribution in [0.4, 0.5) is 17.1 Å². The molecule has 0 heterocycles. The molecule has 0 aromatic heterocycles. The van der Waals surface area contributed by atoms with Gasteiger partial charge in [-0.15, -0.1) is 0 Å². The van der Waals surface area contributed by atoms with Crippen LogP contribution in [0.3, 0.4) is 0 Å². The zero-order valence-corrected chi connectivity index (χ0v) is 13.9. The van der Waals surface area contributed by atoms with Crippen molar-refractivity contribution in [2.45, 2.75) is 13.0 Å². The third-order valence-corrected chi connectivity index (χ3v) is 3.38. The predicted molar refractivity (Wildman–Crippen MR) is 91.5 cm³/mol. The SMILES string of the molecule is COc1ccc([N+](=O)[O-])cc1NC(=O)C(C)Oc1ccc([N+](=O)[O-])cc1. The highest BCUT2D eigenvalue weighted by molar-refractivity contribution is 5.95. The average Bonchev–Trinajstić information content (AvgIpc) is 2.61. The minimum Gasteiger partial charge on any atom is -0.495 e. The number of nitro groups is 2. The van der Waals surface area contributed by atoms with Gasteiger partial charge in [-0.05, 0) is 25.1 Å². The van der Waals surface area contributed by atoms with Gasteiger partial charge in [-0.2, -0.15) is 0 Å². The van der Waals surface area contributed by atoms with Crippen LogP contribution >= 0.6 is 0 Å². The lowest BCUT2D eigenvalue weighted by atomic mass is 10.2. The fourth-order valence-corrected chi connectivity index (χ4v) is 2.05. The number of nitrogens with one attached hydrogen (secondary N) is 1. The Labute approximate surface area is 147 Å². The van der Waals surface area contributed by atoms with Gasteiger partial charge in [0.1, 0.15) is 11.5 Å². The van der Waals surface area contributed by atoms with Crippen molar-refractivity contribution < 1.29 is 24.1 Å². The van der Waals surface area contributed by atoms with Crippen molar-refractivity contribution in [3.8, 4) is 11.5 Å². The van der Waals surface area contributed by atoms with E-state index in [0.29, 0.717) is 0 Å². The lowest BCUT2D eigenvalue weighted by Crippen LogP contribution is -2.30. The molecule has 0 saturated heterocycles. The Balaban J connectivity index is 2.10. The molecule has 0 aliphatic carbocycles. The Morgan fingerprint density at radius 1 is 1.04 bits per heavy atom. The minimum atomic E-state index is -0.958. The van der Waals surface area contributed by atoms with E-state index >= 15 is 0 Å². The molecule has 1 N–H and O–H groups in total. The normalized spacial score (nSPS) is 11.3. The highest BCUT2D eigenvalue weighted by Crippen LogP contribution is 2.29. The van der Waals surface area contributed by atoms with Gasteiger partial charge in [0.05, 0.1) is 22.6 Å². The van der Waals surface area contributed by atoms with Crippen LogP contribution in [0.5, 0.6) is 11.5 Å². The van der Waals surface area contributed by atoms with Crippen molar-refractivity contribution in [1.82, 2.24) is 0 Å². The fraction of sp³-hybridized carbons (Fsp3) is 0.188. The summed E-state index contributed by atoms with van der Waals surface area (Å²) >= 11 is 0. The topological polar surface area (TPSA) is 134 Å².